The number of hydrogen-bond acceptors (Lipinski definition) is 3. The van der Waals surface area contributed by atoms with Crippen molar-refractivity contribution in [1.29, 1.82) is 0 Å². The number of carbonyl (C=O) groups excluding carboxylic acids is 1. The van der Waals surface area contributed by atoms with Crippen LogP contribution in [0.2, 0.25) is 0 Å². The van der Waals surface area contributed by atoms with E-state index in [9.17, 15) is 9.90 Å². The highest BCUT2D eigenvalue weighted by molar-refractivity contribution is 5.98. The average molecular weight is 191 g/mol. The van der Waals surface area contributed by atoms with Crippen molar-refractivity contribution >= 4 is 11.5 Å². The molecule has 3 heteroatoms. The summed E-state index contributed by atoms with van der Waals surface area (Å²) in [6, 6.07) is 3.43. The molecule has 0 fully saturated rings. The second-order valence-electron chi connectivity index (χ2n) is 3.61. The summed E-state index contributed by atoms with van der Waals surface area (Å²) >= 11 is 0. The summed E-state index contributed by atoms with van der Waals surface area (Å²) in [5.41, 5.74) is 2.48. The average Bonchev–Trinajstić information content (AvgIpc) is 2.16. The molecule has 1 aromatic rings. The number of benzene rings is 1. The fourth-order valence-electron chi connectivity index (χ4n) is 1.79. The summed E-state index contributed by atoms with van der Waals surface area (Å²) in [5, 5.41) is 12.8. The van der Waals surface area contributed by atoms with E-state index in [-0.39, 0.29) is 11.5 Å². The lowest BCUT2D eigenvalue weighted by Crippen LogP contribution is -2.12. The molecule has 14 heavy (non-hydrogen) atoms. The molecule has 1 heterocycles. The quantitative estimate of drug-likeness (QED) is 0.527. The van der Waals surface area contributed by atoms with Crippen LogP contribution in [0.3, 0.4) is 0 Å². The molecule has 0 bridgehead atoms. The Morgan fingerprint density at radius 3 is 3.00 bits per heavy atom. The smallest absolute Gasteiger partial charge is 0.163 e. The van der Waals surface area contributed by atoms with E-state index in [0.717, 1.165) is 30.6 Å². The molecule has 0 saturated carbocycles. The summed E-state index contributed by atoms with van der Waals surface area (Å²) in [5.74, 6) is -0.00220. The first-order valence-electron chi connectivity index (χ1n) is 4.79. The van der Waals surface area contributed by atoms with Crippen LogP contribution in [-0.2, 0) is 6.42 Å². The number of phenols is 1. The van der Waals surface area contributed by atoms with Crippen molar-refractivity contribution in [2.75, 3.05) is 11.9 Å². The first-order chi connectivity index (χ1) is 6.68. The molecule has 0 spiro atoms. The Hall–Kier alpha value is -1.51. The molecule has 0 unspecified atom stereocenters. The maximum absolute atomic E-state index is 11.2. The third kappa shape index (κ3) is 1.45. The number of nitrogens with one attached hydrogen (secondary N) is 1. The summed E-state index contributed by atoms with van der Waals surface area (Å²) in [4.78, 5) is 11.2. The number of ketones is 1. The number of aryl methyl sites for hydroxylation is 1. The van der Waals surface area contributed by atoms with Gasteiger partial charge in [-0.25, -0.2) is 0 Å². The number of hydrogen-bond donors (Lipinski definition) is 2. The van der Waals surface area contributed by atoms with E-state index < -0.39 is 0 Å². The lowest BCUT2D eigenvalue weighted by molar-refractivity contribution is 0.101. The van der Waals surface area contributed by atoms with Crippen molar-refractivity contribution in [1.82, 2.24) is 0 Å². The summed E-state index contributed by atoms with van der Waals surface area (Å²) in [7, 11) is 0. The Balaban J connectivity index is 2.50. The highest BCUT2D eigenvalue weighted by atomic mass is 16.3. The van der Waals surface area contributed by atoms with Crippen LogP contribution in [0.15, 0.2) is 12.1 Å². The Morgan fingerprint density at radius 2 is 2.29 bits per heavy atom. The standard InChI is InChI=1S/C11H13NO2/c1-7(13)9-6-10-8(5-11(9)14)3-2-4-12-10/h5-6,12,14H,2-4H2,1H3. The maximum atomic E-state index is 11.2. The van der Waals surface area contributed by atoms with Crippen LogP contribution in [0.4, 0.5) is 5.69 Å². The minimum absolute atomic E-state index is 0.0972. The van der Waals surface area contributed by atoms with E-state index in [1.807, 2.05) is 0 Å². The number of fused-ring (bicyclic) bond motifs is 1. The number of phenolic OH excluding ortho intramolecular Hbond substituents is 1. The molecule has 2 N–H and O–H groups in total. The second kappa shape index (κ2) is 3.33. The minimum atomic E-state index is -0.0994. The normalized spacial score (nSPS) is 14.4. The highest BCUT2D eigenvalue weighted by Crippen LogP contribution is 2.29. The molecule has 1 aromatic carbocycles. The van der Waals surface area contributed by atoms with Gasteiger partial charge in [-0.1, -0.05) is 0 Å². The number of anilines is 1. The summed E-state index contributed by atoms with van der Waals surface area (Å²) in [6.45, 7) is 2.40. The van der Waals surface area contributed by atoms with Crippen molar-refractivity contribution < 1.29 is 9.90 Å². The molecular formula is C11H13NO2. The van der Waals surface area contributed by atoms with E-state index in [4.69, 9.17) is 0 Å². The lowest BCUT2D eigenvalue weighted by Gasteiger charge is -2.19. The number of Topliss-reactive ketones (excluding diaryl/α,β-unsaturated/α-hetero) is 1. The minimum Gasteiger partial charge on any atom is -0.507 e. The van der Waals surface area contributed by atoms with Gasteiger partial charge in [0.2, 0.25) is 0 Å². The fourth-order valence-corrected chi connectivity index (χ4v) is 1.79. The molecule has 74 valence electrons. The van der Waals surface area contributed by atoms with Gasteiger partial charge >= 0.3 is 0 Å². The van der Waals surface area contributed by atoms with Gasteiger partial charge < -0.3 is 10.4 Å². The van der Waals surface area contributed by atoms with E-state index in [2.05, 4.69) is 5.32 Å². The first-order valence-corrected chi connectivity index (χ1v) is 4.79. The lowest BCUT2D eigenvalue weighted by atomic mass is 9.99. The van der Waals surface area contributed by atoms with Crippen molar-refractivity contribution in [3.05, 3.63) is 23.3 Å². The van der Waals surface area contributed by atoms with Crippen LogP contribution < -0.4 is 5.32 Å². The fraction of sp³-hybridized carbons (Fsp3) is 0.364. The number of aromatic hydroxyl groups is 1. The Bertz CT molecular complexity index is 385. The molecule has 3 nitrogen and oxygen atoms in total. The zero-order valence-electron chi connectivity index (χ0n) is 8.13. The van der Waals surface area contributed by atoms with Gasteiger partial charge in [-0.3, -0.25) is 4.79 Å². The third-order valence-corrected chi connectivity index (χ3v) is 2.54. The molecule has 2 rings (SSSR count). The largest absolute Gasteiger partial charge is 0.507 e. The van der Waals surface area contributed by atoms with Gasteiger partial charge in [0, 0.05) is 12.2 Å². The van der Waals surface area contributed by atoms with Gasteiger partial charge in [-0.2, -0.15) is 0 Å². The zero-order chi connectivity index (χ0) is 10.1. The highest BCUT2D eigenvalue weighted by Gasteiger charge is 2.14. The maximum Gasteiger partial charge on any atom is 0.163 e. The number of rotatable bonds is 1. The molecule has 0 atom stereocenters. The molecule has 1 aliphatic rings. The van der Waals surface area contributed by atoms with Crippen LogP contribution in [0.25, 0.3) is 0 Å². The predicted molar refractivity (Wildman–Crippen MR) is 54.9 cm³/mol. The summed E-state index contributed by atoms with van der Waals surface area (Å²) in [6.07, 6.45) is 2.04. The van der Waals surface area contributed by atoms with Crippen molar-refractivity contribution in [2.45, 2.75) is 19.8 Å². The van der Waals surface area contributed by atoms with Gasteiger partial charge in [-0.15, -0.1) is 0 Å². The topological polar surface area (TPSA) is 49.3 Å². The van der Waals surface area contributed by atoms with Crippen molar-refractivity contribution in [3.63, 3.8) is 0 Å². The van der Waals surface area contributed by atoms with Crippen molar-refractivity contribution in [3.8, 4) is 5.75 Å². The molecule has 1 aliphatic heterocycles. The van der Waals surface area contributed by atoms with Gasteiger partial charge in [0.25, 0.3) is 0 Å². The van der Waals surface area contributed by atoms with E-state index in [0.29, 0.717) is 5.56 Å². The first kappa shape index (κ1) is 9.06. The molecule has 0 aliphatic carbocycles. The van der Waals surface area contributed by atoms with E-state index >= 15 is 0 Å². The van der Waals surface area contributed by atoms with Crippen LogP contribution in [-0.4, -0.2) is 17.4 Å². The SMILES string of the molecule is CC(=O)c1cc2c(cc1O)CCCN2. The van der Waals surface area contributed by atoms with Crippen LogP contribution in [0.5, 0.6) is 5.75 Å². The summed E-state index contributed by atoms with van der Waals surface area (Å²) < 4.78 is 0. The molecule has 0 saturated heterocycles. The van der Waals surface area contributed by atoms with Crippen LogP contribution in [0.1, 0.15) is 29.3 Å². The second-order valence-corrected chi connectivity index (χ2v) is 3.61. The Kier molecular flexibility index (Phi) is 2.15. The van der Waals surface area contributed by atoms with Gasteiger partial charge in [0.1, 0.15) is 5.75 Å². The Morgan fingerprint density at radius 1 is 1.50 bits per heavy atom. The monoisotopic (exact) mass is 191 g/mol. The predicted octanol–water partition coefficient (Wildman–Crippen LogP) is 1.95. The van der Waals surface area contributed by atoms with Crippen LogP contribution >= 0.6 is 0 Å². The van der Waals surface area contributed by atoms with E-state index in [1.165, 1.54) is 6.92 Å². The molecular weight excluding hydrogens is 178 g/mol. The van der Waals surface area contributed by atoms with Crippen LogP contribution in [0, 0.1) is 0 Å². The third-order valence-electron chi connectivity index (χ3n) is 2.54. The van der Waals surface area contributed by atoms with E-state index in [1.54, 1.807) is 12.1 Å². The van der Waals surface area contributed by atoms with Crippen molar-refractivity contribution in [2.24, 2.45) is 0 Å². The van der Waals surface area contributed by atoms with Gasteiger partial charge in [0.05, 0.1) is 5.56 Å². The number of carbonyl (C=O) groups is 1. The van der Waals surface area contributed by atoms with Gasteiger partial charge in [-0.05, 0) is 37.5 Å². The zero-order valence-corrected chi connectivity index (χ0v) is 8.13. The molecule has 0 radical (unpaired) electrons. The Labute approximate surface area is 82.8 Å². The molecule has 0 aromatic heterocycles. The van der Waals surface area contributed by atoms with Gasteiger partial charge in [0.15, 0.2) is 5.78 Å². The molecule has 0 amide bonds.